The fraction of sp³-hybridized carbons (Fsp3) is 0.500. The number of amides is 2. The van der Waals surface area contributed by atoms with Crippen molar-refractivity contribution in [2.75, 3.05) is 12.9 Å². The molecule has 1 N–H and O–H groups in total. The van der Waals surface area contributed by atoms with Crippen LogP contribution in [-0.4, -0.2) is 39.4 Å². The maximum absolute atomic E-state index is 12.2. The molecule has 0 bridgehead atoms. The second-order valence-corrected chi connectivity index (χ2v) is 7.76. The second kappa shape index (κ2) is 9.73. The van der Waals surface area contributed by atoms with Gasteiger partial charge in [-0.15, -0.1) is 10.2 Å². The first-order chi connectivity index (χ1) is 13.6. The smallest absolute Gasteiger partial charge is 0.237 e. The summed E-state index contributed by atoms with van der Waals surface area (Å²) in [5, 5.41) is 11.7. The van der Waals surface area contributed by atoms with Crippen LogP contribution in [0.1, 0.15) is 39.0 Å². The maximum Gasteiger partial charge on any atom is 0.237 e. The lowest BCUT2D eigenvalue weighted by Crippen LogP contribution is -2.37. The summed E-state index contributed by atoms with van der Waals surface area (Å²) in [5.41, 5.74) is 0.900. The first kappa shape index (κ1) is 20.4. The molecule has 1 heterocycles. The molecule has 150 valence electrons. The molecule has 0 unspecified atom stereocenters. The summed E-state index contributed by atoms with van der Waals surface area (Å²) < 4.78 is 7.23. The van der Waals surface area contributed by atoms with Crippen LogP contribution in [0.15, 0.2) is 29.4 Å². The van der Waals surface area contributed by atoms with Gasteiger partial charge in [0.15, 0.2) is 11.0 Å². The van der Waals surface area contributed by atoms with Crippen molar-refractivity contribution >= 4 is 23.6 Å². The summed E-state index contributed by atoms with van der Waals surface area (Å²) in [6, 6.07) is 7.63. The highest BCUT2D eigenvalue weighted by Gasteiger charge is 2.23. The van der Waals surface area contributed by atoms with Gasteiger partial charge in [0.2, 0.25) is 11.8 Å². The number of nitrogens with one attached hydrogen (secondary N) is 1. The van der Waals surface area contributed by atoms with E-state index < -0.39 is 0 Å². The normalized spacial score (nSPS) is 14.6. The number of benzene rings is 1. The summed E-state index contributed by atoms with van der Waals surface area (Å²) in [6.45, 7) is 2.67. The lowest BCUT2D eigenvalue weighted by molar-refractivity contribution is -0.132. The molecule has 7 nitrogen and oxygen atoms in total. The van der Waals surface area contributed by atoms with E-state index in [1.807, 2.05) is 35.8 Å². The van der Waals surface area contributed by atoms with E-state index in [1.54, 1.807) is 7.11 Å². The zero-order valence-electron chi connectivity index (χ0n) is 16.3. The van der Waals surface area contributed by atoms with Gasteiger partial charge in [-0.1, -0.05) is 43.2 Å². The van der Waals surface area contributed by atoms with Crippen LogP contribution in [-0.2, 0) is 16.1 Å². The number of carbonyl (C=O) groups is 2. The number of thioether (sulfide) groups is 1. The van der Waals surface area contributed by atoms with Crippen LogP contribution in [0.2, 0.25) is 0 Å². The minimum Gasteiger partial charge on any atom is -0.497 e. The molecular formula is C20H26N4O3S. The van der Waals surface area contributed by atoms with Crippen LogP contribution in [0.3, 0.4) is 0 Å². The Morgan fingerprint density at radius 3 is 2.75 bits per heavy atom. The van der Waals surface area contributed by atoms with Crippen molar-refractivity contribution in [3.05, 3.63) is 24.3 Å². The molecule has 0 spiro atoms. The van der Waals surface area contributed by atoms with Crippen molar-refractivity contribution in [2.24, 2.45) is 5.92 Å². The van der Waals surface area contributed by atoms with Crippen molar-refractivity contribution < 1.29 is 14.3 Å². The van der Waals surface area contributed by atoms with Crippen molar-refractivity contribution in [3.8, 4) is 17.1 Å². The summed E-state index contributed by atoms with van der Waals surface area (Å²) in [7, 11) is 1.62. The first-order valence-electron chi connectivity index (χ1n) is 9.66. The van der Waals surface area contributed by atoms with Gasteiger partial charge >= 0.3 is 0 Å². The molecule has 3 rings (SSSR count). The van der Waals surface area contributed by atoms with Gasteiger partial charge in [-0.25, -0.2) is 0 Å². The zero-order valence-corrected chi connectivity index (χ0v) is 17.1. The lowest BCUT2D eigenvalue weighted by atomic mass is 9.89. The van der Waals surface area contributed by atoms with Crippen LogP contribution < -0.4 is 10.1 Å². The van der Waals surface area contributed by atoms with Gasteiger partial charge in [0.05, 0.1) is 12.9 Å². The van der Waals surface area contributed by atoms with Crippen LogP contribution in [0, 0.1) is 5.92 Å². The third-order valence-electron chi connectivity index (χ3n) is 4.93. The van der Waals surface area contributed by atoms with Gasteiger partial charge in [-0.3, -0.25) is 14.9 Å². The van der Waals surface area contributed by atoms with E-state index in [1.165, 1.54) is 18.2 Å². The average molecular weight is 403 g/mol. The molecule has 1 aromatic carbocycles. The average Bonchev–Trinajstić information content (AvgIpc) is 3.16. The summed E-state index contributed by atoms with van der Waals surface area (Å²) in [5.74, 6) is 1.16. The quantitative estimate of drug-likeness (QED) is 0.715. The van der Waals surface area contributed by atoms with Gasteiger partial charge in [0, 0.05) is 18.0 Å². The fourth-order valence-electron chi connectivity index (χ4n) is 3.43. The van der Waals surface area contributed by atoms with Crippen molar-refractivity contribution in [2.45, 2.75) is 50.7 Å². The standard InChI is InChI=1S/C20H26N4O3S/c1-3-24-18(15-10-7-11-16(12-15)27-2)22-23-20(24)28-13-17(25)21-19(26)14-8-5-4-6-9-14/h7,10-12,14H,3-6,8-9,13H2,1-2H3,(H,21,25,26). The predicted molar refractivity (Wildman–Crippen MR) is 108 cm³/mol. The molecule has 1 aliphatic carbocycles. The molecule has 0 saturated heterocycles. The second-order valence-electron chi connectivity index (χ2n) is 6.82. The van der Waals surface area contributed by atoms with Gasteiger partial charge in [0.25, 0.3) is 0 Å². The number of hydrogen-bond acceptors (Lipinski definition) is 6. The van der Waals surface area contributed by atoms with Crippen molar-refractivity contribution in [1.82, 2.24) is 20.1 Å². The van der Waals surface area contributed by atoms with Crippen molar-refractivity contribution in [3.63, 3.8) is 0 Å². The summed E-state index contributed by atoms with van der Waals surface area (Å²) in [6.07, 6.45) is 5.05. The molecular weight excluding hydrogens is 376 g/mol. The molecule has 8 heteroatoms. The lowest BCUT2D eigenvalue weighted by Gasteiger charge is -2.20. The van der Waals surface area contributed by atoms with Gasteiger partial charge in [0.1, 0.15) is 5.75 Å². The Hall–Kier alpha value is -2.35. The minimum atomic E-state index is -0.283. The zero-order chi connectivity index (χ0) is 19.9. The number of rotatable bonds is 7. The van der Waals surface area contributed by atoms with Crippen LogP contribution >= 0.6 is 11.8 Å². The van der Waals surface area contributed by atoms with Gasteiger partial charge in [-0.2, -0.15) is 0 Å². The number of aromatic nitrogens is 3. The highest BCUT2D eigenvalue weighted by Crippen LogP contribution is 2.27. The number of nitrogens with zero attached hydrogens (tertiary/aromatic N) is 3. The van der Waals surface area contributed by atoms with E-state index in [-0.39, 0.29) is 23.5 Å². The molecule has 28 heavy (non-hydrogen) atoms. The first-order valence-corrected chi connectivity index (χ1v) is 10.6. The monoisotopic (exact) mass is 402 g/mol. The Balaban J connectivity index is 1.62. The number of hydrogen-bond donors (Lipinski definition) is 1. The van der Waals surface area contributed by atoms with Crippen LogP contribution in [0.5, 0.6) is 5.75 Å². The Labute approximate surface area is 169 Å². The maximum atomic E-state index is 12.2. The fourth-order valence-corrected chi connectivity index (χ4v) is 4.23. The molecule has 1 aliphatic rings. The van der Waals surface area contributed by atoms with E-state index >= 15 is 0 Å². The minimum absolute atomic E-state index is 0.0262. The van der Waals surface area contributed by atoms with E-state index in [0.717, 1.165) is 42.8 Å². The van der Waals surface area contributed by atoms with E-state index in [0.29, 0.717) is 11.7 Å². The molecule has 2 aromatic rings. The van der Waals surface area contributed by atoms with E-state index in [2.05, 4.69) is 15.5 Å². The van der Waals surface area contributed by atoms with E-state index in [9.17, 15) is 9.59 Å². The Morgan fingerprint density at radius 2 is 2.04 bits per heavy atom. The highest BCUT2D eigenvalue weighted by atomic mass is 32.2. The third kappa shape index (κ3) is 4.92. The predicted octanol–water partition coefficient (Wildman–Crippen LogP) is 3.29. The molecule has 0 aliphatic heterocycles. The number of methoxy groups -OCH3 is 1. The Bertz CT molecular complexity index is 831. The molecule has 1 saturated carbocycles. The molecule has 0 atom stereocenters. The largest absolute Gasteiger partial charge is 0.497 e. The number of carbonyl (C=O) groups excluding carboxylic acids is 2. The topological polar surface area (TPSA) is 86.1 Å². The van der Waals surface area contributed by atoms with E-state index in [4.69, 9.17) is 4.74 Å². The van der Waals surface area contributed by atoms with Gasteiger partial charge < -0.3 is 9.30 Å². The molecule has 1 aromatic heterocycles. The van der Waals surface area contributed by atoms with Crippen molar-refractivity contribution in [1.29, 1.82) is 0 Å². The summed E-state index contributed by atoms with van der Waals surface area (Å²) in [4.78, 5) is 24.4. The molecule has 2 amide bonds. The van der Waals surface area contributed by atoms with Crippen LogP contribution in [0.25, 0.3) is 11.4 Å². The van der Waals surface area contributed by atoms with Crippen LogP contribution in [0.4, 0.5) is 0 Å². The Morgan fingerprint density at radius 1 is 1.25 bits per heavy atom. The van der Waals surface area contributed by atoms with Gasteiger partial charge in [-0.05, 0) is 31.9 Å². The third-order valence-corrected chi connectivity index (χ3v) is 5.90. The summed E-state index contributed by atoms with van der Waals surface area (Å²) >= 11 is 1.29. The molecule has 0 radical (unpaired) electrons. The highest BCUT2D eigenvalue weighted by molar-refractivity contribution is 7.99. The SMILES string of the molecule is CCn1c(SCC(=O)NC(=O)C2CCCCC2)nnc1-c1cccc(OC)c1. The number of imide groups is 1. The Kier molecular flexibility index (Phi) is 7.08. The number of ether oxygens (including phenoxy) is 1. The molecule has 1 fully saturated rings.